The minimum atomic E-state index is -6.81. The first kappa shape index (κ1) is 19.2. The van der Waals surface area contributed by atoms with Crippen molar-refractivity contribution in [3.8, 4) is 5.75 Å². The molecule has 0 spiro atoms. The van der Waals surface area contributed by atoms with E-state index in [1.54, 1.807) is 0 Å². The number of halogens is 7. The molecule has 0 heterocycles. The summed E-state index contributed by atoms with van der Waals surface area (Å²) in [6.07, 6.45) is -10.3. The van der Waals surface area contributed by atoms with E-state index in [1.807, 2.05) is 0 Å². The van der Waals surface area contributed by atoms with Crippen LogP contribution < -0.4 is 9.46 Å². The summed E-state index contributed by atoms with van der Waals surface area (Å²) in [7, 11) is -6.81. The molecule has 1 aromatic carbocycles. The molecule has 1 rings (SSSR count). The van der Waals surface area contributed by atoms with E-state index in [1.165, 1.54) is 6.08 Å². The van der Waals surface area contributed by atoms with Crippen LogP contribution in [0.4, 0.5) is 30.7 Å². The molecule has 0 aliphatic carbocycles. The molecule has 0 radical (unpaired) electrons. The number of benzene rings is 1. The highest BCUT2D eigenvalue weighted by Gasteiger charge is 2.70. The summed E-state index contributed by atoms with van der Waals surface area (Å²) in [5.74, 6) is -0.887. The number of nitrogens with one attached hydrogen (secondary N) is 1. The largest absolute Gasteiger partial charge is 0.482 e. The number of alkyl halides is 7. The average molecular weight is 367 g/mol. The van der Waals surface area contributed by atoms with E-state index in [0.29, 0.717) is 5.56 Å². The predicted molar refractivity (Wildman–Crippen MR) is 65.2 cm³/mol. The van der Waals surface area contributed by atoms with Gasteiger partial charge in [0.15, 0.2) is 0 Å². The van der Waals surface area contributed by atoms with Gasteiger partial charge < -0.3 is 4.74 Å². The lowest BCUT2D eigenvalue weighted by Gasteiger charge is -2.26. The summed E-state index contributed by atoms with van der Waals surface area (Å²) in [5, 5.41) is -6.19. The minimum absolute atomic E-state index is 0.402. The van der Waals surface area contributed by atoms with Gasteiger partial charge >= 0.3 is 17.7 Å². The molecule has 0 fully saturated rings. The standard InChI is InChI=1S/C11H8F7NO3S/c1-2-7-3-5-8(6-4-7)22-9(12,13)10(14,15)23(20,21)19-11(16,17)18/h2-6,19H,1H2. The number of hydrogen-bond acceptors (Lipinski definition) is 3. The Hall–Kier alpha value is -1.82. The van der Waals surface area contributed by atoms with Crippen molar-refractivity contribution in [1.82, 2.24) is 4.72 Å². The van der Waals surface area contributed by atoms with Crippen molar-refractivity contribution in [3.63, 3.8) is 0 Å². The summed E-state index contributed by atoms with van der Waals surface area (Å²) in [6.45, 7) is 3.34. The summed E-state index contributed by atoms with van der Waals surface area (Å²) in [4.78, 5) is 0. The van der Waals surface area contributed by atoms with Crippen molar-refractivity contribution in [2.45, 2.75) is 17.7 Å². The fourth-order valence-corrected chi connectivity index (χ4v) is 2.04. The quantitative estimate of drug-likeness (QED) is 0.620. The minimum Gasteiger partial charge on any atom is -0.427 e. The monoisotopic (exact) mass is 367 g/mol. The van der Waals surface area contributed by atoms with Crippen molar-refractivity contribution >= 4 is 16.1 Å². The smallest absolute Gasteiger partial charge is 0.427 e. The first-order valence-corrected chi connectivity index (χ1v) is 6.97. The van der Waals surface area contributed by atoms with Crippen molar-refractivity contribution in [2.75, 3.05) is 0 Å². The van der Waals surface area contributed by atoms with E-state index in [9.17, 15) is 39.2 Å². The summed E-state index contributed by atoms with van der Waals surface area (Å²) in [5.41, 5.74) is 0.402. The van der Waals surface area contributed by atoms with Gasteiger partial charge in [-0.15, -0.1) is 4.72 Å². The SMILES string of the molecule is C=Cc1ccc(OC(F)(F)C(F)(F)S(=O)(=O)NC(F)(F)F)cc1. The van der Waals surface area contributed by atoms with Gasteiger partial charge in [-0.3, -0.25) is 0 Å². The van der Waals surface area contributed by atoms with Gasteiger partial charge in [0.25, 0.3) is 10.0 Å². The zero-order valence-corrected chi connectivity index (χ0v) is 11.7. The lowest BCUT2D eigenvalue weighted by atomic mass is 10.2. The summed E-state index contributed by atoms with van der Waals surface area (Å²) >= 11 is 0. The second kappa shape index (κ2) is 6.00. The molecule has 0 atom stereocenters. The first-order chi connectivity index (χ1) is 10.2. The number of rotatable bonds is 6. The Morgan fingerprint density at radius 1 is 1.00 bits per heavy atom. The lowest BCUT2D eigenvalue weighted by molar-refractivity contribution is -0.274. The third-order valence-electron chi connectivity index (χ3n) is 2.29. The van der Waals surface area contributed by atoms with Crippen LogP contribution in [0.3, 0.4) is 0 Å². The van der Waals surface area contributed by atoms with Crippen molar-refractivity contribution < 1.29 is 43.9 Å². The second-order valence-electron chi connectivity index (χ2n) is 4.01. The number of ether oxygens (including phenoxy) is 1. The van der Waals surface area contributed by atoms with E-state index >= 15 is 0 Å². The number of sulfonamides is 1. The Morgan fingerprint density at radius 3 is 1.87 bits per heavy atom. The molecule has 4 nitrogen and oxygen atoms in total. The van der Waals surface area contributed by atoms with Crippen molar-refractivity contribution in [2.24, 2.45) is 0 Å². The van der Waals surface area contributed by atoms with Crippen LogP contribution in [0.2, 0.25) is 0 Å². The third-order valence-corrected chi connectivity index (χ3v) is 3.70. The molecule has 23 heavy (non-hydrogen) atoms. The Morgan fingerprint density at radius 2 is 1.48 bits per heavy atom. The van der Waals surface area contributed by atoms with Crippen LogP contribution in [-0.2, 0) is 10.0 Å². The van der Waals surface area contributed by atoms with Gasteiger partial charge in [0.05, 0.1) is 0 Å². The molecule has 0 aromatic heterocycles. The highest BCUT2D eigenvalue weighted by molar-refractivity contribution is 7.90. The van der Waals surface area contributed by atoms with Crippen LogP contribution in [0.25, 0.3) is 6.08 Å². The van der Waals surface area contributed by atoms with Gasteiger partial charge in [-0.05, 0) is 17.7 Å². The van der Waals surface area contributed by atoms with Gasteiger partial charge in [-0.1, -0.05) is 24.8 Å². The van der Waals surface area contributed by atoms with Gasteiger partial charge in [0.2, 0.25) is 0 Å². The van der Waals surface area contributed by atoms with Crippen LogP contribution in [0.15, 0.2) is 30.8 Å². The van der Waals surface area contributed by atoms with Crippen LogP contribution in [0.1, 0.15) is 5.56 Å². The highest BCUT2D eigenvalue weighted by atomic mass is 32.2. The van der Waals surface area contributed by atoms with Gasteiger partial charge in [-0.2, -0.15) is 30.7 Å². The Labute approximate surface area is 125 Å². The molecule has 0 unspecified atom stereocenters. The van der Waals surface area contributed by atoms with E-state index < -0.39 is 38.2 Å². The normalized spacial score (nSPS) is 13.7. The zero-order chi connectivity index (χ0) is 18.1. The highest BCUT2D eigenvalue weighted by Crippen LogP contribution is 2.40. The van der Waals surface area contributed by atoms with Crippen LogP contribution in [0, 0.1) is 0 Å². The molecule has 0 aliphatic heterocycles. The molecular weight excluding hydrogens is 359 g/mol. The van der Waals surface area contributed by atoms with E-state index in [0.717, 1.165) is 24.3 Å². The van der Waals surface area contributed by atoms with Gasteiger partial charge in [0.1, 0.15) is 5.75 Å². The molecule has 0 saturated carbocycles. The molecule has 1 aromatic rings. The van der Waals surface area contributed by atoms with Gasteiger partial charge in [-0.25, -0.2) is 8.42 Å². The molecule has 12 heteroatoms. The van der Waals surface area contributed by atoms with Crippen molar-refractivity contribution in [3.05, 3.63) is 36.4 Å². The van der Waals surface area contributed by atoms with Crippen LogP contribution in [-0.4, -0.2) is 26.1 Å². The second-order valence-corrected chi connectivity index (χ2v) is 5.74. The van der Waals surface area contributed by atoms with Gasteiger partial charge in [0, 0.05) is 0 Å². The Balaban J connectivity index is 3.10. The van der Waals surface area contributed by atoms with E-state index in [2.05, 4.69) is 11.3 Å². The lowest BCUT2D eigenvalue weighted by Crippen LogP contribution is -2.57. The molecule has 130 valence electrons. The van der Waals surface area contributed by atoms with Crippen LogP contribution >= 0.6 is 0 Å². The maximum Gasteiger partial charge on any atom is 0.482 e. The fourth-order valence-electron chi connectivity index (χ4n) is 1.25. The van der Waals surface area contributed by atoms with E-state index in [-0.39, 0.29) is 0 Å². The molecular formula is C11H8F7NO3S. The third kappa shape index (κ3) is 4.34. The maximum atomic E-state index is 13.4. The first-order valence-electron chi connectivity index (χ1n) is 5.49. The van der Waals surface area contributed by atoms with Crippen LogP contribution in [0.5, 0.6) is 5.75 Å². The molecule has 1 N–H and O–H groups in total. The fraction of sp³-hybridized carbons (Fsp3) is 0.273. The molecule has 0 saturated heterocycles. The summed E-state index contributed by atoms with van der Waals surface area (Å²) in [6, 6.07) is 3.81. The molecule has 0 bridgehead atoms. The maximum absolute atomic E-state index is 13.4. The molecule has 0 amide bonds. The average Bonchev–Trinajstić information content (AvgIpc) is 2.36. The topological polar surface area (TPSA) is 55.4 Å². The Kier molecular flexibility index (Phi) is 5.01. The van der Waals surface area contributed by atoms with Crippen molar-refractivity contribution in [1.29, 1.82) is 0 Å². The predicted octanol–water partition coefficient (Wildman–Crippen LogP) is 3.33. The molecule has 0 aliphatic rings. The van der Waals surface area contributed by atoms with E-state index in [4.69, 9.17) is 0 Å². The Bertz CT molecular complexity index is 668. The number of hydrogen-bond donors (Lipinski definition) is 1. The zero-order valence-electron chi connectivity index (χ0n) is 10.9. The summed E-state index contributed by atoms with van der Waals surface area (Å²) < 4.78 is 114.